The highest BCUT2D eigenvalue weighted by atomic mass is 35.5. The number of benzene rings is 2. The van der Waals surface area contributed by atoms with Gasteiger partial charge < -0.3 is 19.3 Å². The zero-order valence-electron chi connectivity index (χ0n) is 18.5. The molecule has 7 heteroatoms. The zero-order chi connectivity index (χ0) is 23.0. The quantitative estimate of drug-likeness (QED) is 0.273. The number of ether oxygens (including phenoxy) is 3. The van der Waals surface area contributed by atoms with Gasteiger partial charge in [0.25, 0.3) is 0 Å². The van der Waals surface area contributed by atoms with Crippen LogP contribution in [0, 0.1) is 0 Å². The van der Waals surface area contributed by atoms with Crippen molar-refractivity contribution in [3.8, 4) is 11.5 Å². The van der Waals surface area contributed by atoms with Crippen LogP contribution in [-0.4, -0.2) is 43.0 Å². The summed E-state index contributed by atoms with van der Waals surface area (Å²) in [7, 11) is 0. The largest absolute Gasteiger partial charge is 0.494 e. The summed E-state index contributed by atoms with van der Waals surface area (Å²) in [6.07, 6.45) is 0.299. The molecule has 1 unspecified atom stereocenters. The number of aliphatic hydroxyl groups excluding tert-OH is 1. The number of rotatable bonds is 12. The van der Waals surface area contributed by atoms with Crippen molar-refractivity contribution in [2.75, 3.05) is 25.7 Å². The van der Waals surface area contributed by atoms with Crippen LogP contribution in [0.1, 0.15) is 45.2 Å². The van der Waals surface area contributed by atoms with Crippen molar-refractivity contribution < 1.29 is 19.3 Å². The van der Waals surface area contributed by atoms with E-state index in [1.807, 2.05) is 50.2 Å². The van der Waals surface area contributed by atoms with Gasteiger partial charge in [-0.3, -0.25) is 0 Å². The van der Waals surface area contributed by atoms with Crippen LogP contribution in [0.4, 0.5) is 0 Å². The minimum absolute atomic E-state index is 0.0245. The second-order valence-corrected chi connectivity index (χ2v) is 9.28. The molecule has 2 aromatic carbocycles. The van der Waals surface area contributed by atoms with Crippen LogP contribution < -0.4 is 9.47 Å². The minimum atomic E-state index is -0.784. The maximum Gasteiger partial charge on any atom is 0.156 e. The van der Waals surface area contributed by atoms with E-state index in [0.717, 1.165) is 23.3 Å². The summed E-state index contributed by atoms with van der Waals surface area (Å²) < 4.78 is 16.9. The number of alkyl halides is 1. The molecular weight excluding hydrogens is 459 g/mol. The topological polar surface area (TPSA) is 47.9 Å². The molecule has 0 aliphatic heterocycles. The van der Waals surface area contributed by atoms with E-state index in [-0.39, 0.29) is 24.0 Å². The molecule has 0 saturated carbocycles. The lowest BCUT2D eigenvalue weighted by Gasteiger charge is -2.27. The maximum atomic E-state index is 9.60. The van der Waals surface area contributed by atoms with Crippen molar-refractivity contribution in [2.45, 2.75) is 51.7 Å². The van der Waals surface area contributed by atoms with Gasteiger partial charge in [0.15, 0.2) is 5.75 Å². The van der Waals surface area contributed by atoms with E-state index >= 15 is 0 Å². The summed E-state index contributed by atoms with van der Waals surface area (Å²) in [6.45, 7) is 9.58. The second-order valence-electron chi connectivity index (χ2n) is 8.16. The fraction of sp³-hybridized carbons (Fsp3) is 0.500. The fourth-order valence-corrected chi connectivity index (χ4v) is 3.67. The third-order valence-corrected chi connectivity index (χ3v) is 5.82. The van der Waals surface area contributed by atoms with E-state index in [9.17, 15) is 5.11 Å². The van der Waals surface area contributed by atoms with E-state index < -0.39 is 6.10 Å². The van der Waals surface area contributed by atoms with Crippen molar-refractivity contribution in [3.63, 3.8) is 0 Å². The minimum Gasteiger partial charge on any atom is -0.494 e. The van der Waals surface area contributed by atoms with Crippen LogP contribution in [0.25, 0.3) is 0 Å². The Hall–Kier alpha value is -1.17. The average molecular weight is 490 g/mol. The van der Waals surface area contributed by atoms with Gasteiger partial charge in [0.1, 0.15) is 18.5 Å². The van der Waals surface area contributed by atoms with Gasteiger partial charge in [0.2, 0.25) is 0 Å². The van der Waals surface area contributed by atoms with E-state index in [0.29, 0.717) is 29.0 Å². The molecule has 0 fully saturated rings. The van der Waals surface area contributed by atoms with Crippen molar-refractivity contribution in [1.82, 2.24) is 0 Å². The molecule has 0 amide bonds. The Morgan fingerprint density at radius 2 is 1.55 bits per heavy atom. The molecule has 0 heterocycles. The molecule has 31 heavy (non-hydrogen) atoms. The Morgan fingerprint density at radius 1 is 0.935 bits per heavy atom. The maximum absolute atomic E-state index is 9.60. The van der Waals surface area contributed by atoms with Crippen LogP contribution in [0.5, 0.6) is 11.5 Å². The van der Waals surface area contributed by atoms with Gasteiger partial charge in [-0.25, -0.2) is 0 Å². The molecule has 1 N–H and O–H groups in total. The highest BCUT2D eigenvalue weighted by Crippen LogP contribution is 2.40. The van der Waals surface area contributed by atoms with Gasteiger partial charge in [-0.2, -0.15) is 0 Å². The number of aliphatic hydroxyl groups is 1. The first-order valence-electron chi connectivity index (χ1n) is 10.4. The van der Waals surface area contributed by atoms with Gasteiger partial charge >= 0.3 is 0 Å². The lowest BCUT2D eigenvalue weighted by molar-refractivity contribution is 0.0694. The predicted molar refractivity (Wildman–Crippen MR) is 128 cm³/mol. The van der Waals surface area contributed by atoms with E-state index in [1.165, 1.54) is 0 Å². The first-order valence-corrected chi connectivity index (χ1v) is 11.7. The van der Waals surface area contributed by atoms with Crippen molar-refractivity contribution in [2.24, 2.45) is 0 Å². The van der Waals surface area contributed by atoms with E-state index in [1.54, 1.807) is 0 Å². The fourth-order valence-electron chi connectivity index (χ4n) is 2.99. The highest BCUT2D eigenvalue weighted by molar-refractivity contribution is 6.37. The smallest absolute Gasteiger partial charge is 0.156 e. The molecule has 0 aromatic heterocycles. The van der Waals surface area contributed by atoms with Crippen molar-refractivity contribution >= 4 is 34.8 Å². The van der Waals surface area contributed by atoms with Crippen LogP contribution in [0.2, 0.25) is 10.0 Å². The molecular formula is C24H31Cl3O4. The van der Waals surface area contributed by atoms with Gasteiger partial charge in [0.05, 0.1) is 35.2 Å². The summed E-state index contributed by atoms with van der Waals surface area (Å²) in [6, 6.07) is 11.7. The van der Waals surface area contributed by atoms with E-state index in [2.05, 4.69) is 13.8 Å². The summed E-state index contributed by atoms with van der Waals surface area (Å²) in [4.78, 5) is 0. The van der Waals surface area contributed by atoms with Crippen molar-refractivity contribution in [1.29, 1.82) is 0 Å². The molecule has 0 radical (unpaired) electrons. The molecule has 0 spiro atoms. The molecule has 1 atom stereocenters. The average Bonchev–Trinajstić information content (AvgIpc) is 2.72. The monoisotopic (exact) mass is 488 g/mol. The molecule has 0 saturated heterocycles. The Bertz CT molecular complexity index is 799. The zero-order valence-corrected chi connectivity index (χ0v) is 20.7. The first-order chi connectivity index (χ1) is 14.6. The normalized spacial score (nSPS) is 12.8. The van der Waals surface area contributed by atoms with Crippen LogP contribution in [0.3, 0.4) is 0 Å². The highest BCUT2D eigenvalue weighted by Gasteiger charge is 2.26. The third kappa shape index (κ3) is 7.73. The van der Waals surface area contributed by atoms with Crippen LogP contribution >= 0.6 is 34.8 Å². The Kier molecular flexibility index (Phi) is 10.2. The summed E-state index contributed by atoms with van der Waals surface area (Å²) >= 11 is 18.5. The Balaban J connectivity index is 2.07. The molecule has 172 valence electrons. The Morgan fingerprint density at radius 3 is 2.10 bits per heavy atom. The van der Waals surface area contributed by atoms with Gasteiger partial charge in [-0.05, 0) is 49.2 Å². The lowest BCUT2D eigenvalue weighted by Crippen LogP contribution is -2.20. The van der Waals surface area contributed by atoms with Gasteiger partial charge in [-0.1, -0.05) is 49.2 Å². The number of hydrogen-bond acceptors (Lipinski definition) is 4. The molecule has 0 aliphatic carbocycles. The summed E-state index contributed by atoms with van der Waals surface area (Å²) in [5.74, 6) is 1.24. The van der Waals surface area contributed by atoms with Gasteiger partial charge in [-0.15, -0.1) is 11.6 Å². The summed E-state index contributed by atoms with van der Waals surface area (Å²) in [5.41, 5.74) is 1.71. The molecule has 2 rings (SSSR count). The SMILES string of the molecule is CC(C)OCCCOc1ccc(C(C)(C)c2cc(Cl)c(OCC(O)CCl)c(Cl)c2)cc1. The van der Waals surface area contributed by atoms with E-state index in [4.69, 9.17) is 49.0 Å². The molecule has 4 nitrogen and oxygen atoms in total. The molecule has 0 bridgehead atoms. The van der Waals surface area contributed by atoms with Crippen LogP contribution in [0.15, 0.2) is 36.4 Å². The van der Waals surface area contributed by atoms with Crippen LogP contribution in [-0.2, 0) is 10.2 Å². The molecule has 2 aromatic rings. The molecule has 0 aliphatic rings. The van der Waals surface area contributed by atoms with Crippen molar-refractivity contribution in [3.05, 3.63) is 57.6 Å². The lowest BCUT2D eigenvalue weighted by atomic mass is 9.78. The summed E-state index contributed by atoms with van der Waals surface area (Å²) in [5, 5.41) is 10.4. The second kappa shape index (κ2) is 12.2. The number of halogens is 3. The third-order valence-electron chi connectivity index (χ3n) is 4.90. The van der Waals surface area contributed by atoms with Gasteiger partial charge in [0, 0.05) is 11.8 Å². The first kappa shape index (κ1) is 26.1. The number of hydrogen-bond donors (Lipinski definition) is 1. The Labute approximate surface area is 200 Å². The standard InChI is InChI=1S/C24H31Cl3O4/c1-16(2)29-10-5-11-30-20-8-6-17(7-9-20)24(3,4)18-12-21(26)23(22(27)13-18)31-15-19(28)14-25/h6-9,12-13,16,19,28H,5,10-11,14-15H2,1-4H3. The predicted octanol–water partition coefficient (Wildman–Crippen LogP) is 6.49.